The van der Waals surface area contributed by atoms with Crippen molar-refractivity contribution in [3.05, 3.63) is 0 Å². The van der Waals surface area contributed by atoms with E-state index in [-0.39, 0.29) is 41.2 Å². The summed E-state index contributed by atoms with van der Waals surface area (Å²) in [5, 5.41) is 0.0524. The Morgan fingerprint density at radius 3 is 2.26 bits per heavy atom. The highest BCUT2D eigenvalue weighted by atomic mass is 28.4. The topological polar surface area (TPSA) is 80.0 Å². The van der Waals surface area contributed by atoms with Crippen molar-refractivity contribution in [2.45, 2.75) is 142 Å². The molecule has 4 rings (SSSR count). The van der Waals surface area contributed by atoms with Gasteiger partial charge in [-0.1, -0.05) is 34.6 Å². The van der Waals surface area contributed by atoms with Crippen LogP contribution < -0.4 is 5.73 Å². The Morgan fingerprint density at radius 2 is 1.74 bits per heavy atom. The maximum atomic E-state index is 12.7. The molecule has 0 aromatic heterocycles. The molecule has 0 aromatic rings. The zero-order chi connectivity index (χ0) is 25.9. The van der Waals surface area contributed by atoms with Crippen LogP contribution in [0.15, 0.2) is 0 Å². The zero-order valence-electron chi connectivity index (χ0n) is 23.6. The molecule has 1 heterocycles. The fourth-order valence-corrected chi connectivity index (χ4v) is 7.35. The molecule has 0 amide bonds. The molecule has 4 fully saturated rings. The summed E-state index contributed by atoms with van der Waals surface area (Å²) < 4.78 is 25.2. The standard InChI is InChI=1S/C26H50BNO5Si/c1-23(2,3)30-22(29)16-18(32-34(10,11)24(4,5)6)12-13-21(28)27-31-20-15-17-14-19(25(17,7)8)26(20,9)33-27/h17-21H,12-16,28H2,1-11H3/t17-,18?,19-,20+,21-,26-/m0/s1. The second-order valence-electron chi connectivity index (χ2n) is 14.4. The van der Waals surface area contributed by atoms with Gasteiger partial charge < -0.3 is 24.2 Å². The van der Waals surface area contributed by atoms with Crippen LogP contribution in [0.5, 0.6) is 0 Å². The van der Waals surface area contributed by atoms with Gasteiger partial charge in [0.15, 0.2) is 8.32 Å². The minimum atomic E-state index is -2.07. The maximum absolute atomic E-state index is 12.7. The first-order valence-corrected chi connectivity index (χ1v) is 16.2. The molecule has 0 aromatic carbocycles. The highest BCUT2D eigenvalue weighted by Gasteiger charge is 2.68. The van der Waals surface area contributed by atoms with Crippen molar-refractivity contribution < 1.29 is 23.3 Å². The van der Waals surface area contributed by atoms with Gasteiger partial charge in [0, 0.05) is 5.94 Å². The molecule has 6 atom stereocenters. The van der Waals surface area contributed by atoms with Gasteiger partial charge >= 0.3 is 13.1 Å². The average molecular weight is 496 g/mol. The largest absolute Gasteiger partial charge is 0.475 e. The molecule has 1 unspecified atom stereocenters. The van der Waals surface area contributed by atoms with Gasteiger partial charge in [-0.3, -0.25) is 4.79 Å². The van der Waals surface area contributed by atoms with E-state index in [9.17, 15) is 4.79 Å². The van der Waals surface area contributed by atoms with Gasteiger partial charge in [-0.2, -0.15) is 0 Å². The summed E-state index contributed by atoms with van der Waals surface area (Å²) in [7, 11) is -2.47. The molecule has 4 aliphatic rings. The summed E-state index contributed by atoms with van der Waals surface area (Å²) in [6.07, 6.45) is 3.76. The third-order valence-corrected chi connectivity index (χ3v) is 13.8. The summed E-state index contributed by atoms with van der Waals surface area (Å²) in [4.78, 5) is 12.7. The van der Waals surface area contributed by atoms with Gasteiger partial charge in [-0.25, -0.2) is 0 Å². The average Bonchev–Trinajstić information content (AvgIpc) is 3.00. The summed E-state index contributed by atoms with van der Waals surface area (Å²) in [6, 6.07) is 0. The molecule has 1 aliphatic heterocycles. The first-order valence-electron chi connectivity index (χ1n) is 13.2. The first kappa shape index (κ1) is 28.2. The van der Waals surface area contributed by atoms with Crippen LogP contribution in [0.4, 0.5) is 0 Å². The van der Waals surface area contributed by atoms with E-state index in [1.807, 2.05) is 20.8 Å². The number of carbonyl (C=O) groups excluding carboxylic acids is 1. The van der Waals surface area contributed by atoms with Gasteiger partial charge in [0.1, 0.15) is 5.60 Å². The van der Waals surface area contributed by atoms with Gasteiger partial charge in [0.05, 0.1) is 24.2 Å². The second-order valence-corrected chi connectivity index (χ2v) is 19.1. The summed E-state index contributed by atoms with van der Waals surface area (Å²) in [6.45, 7) is 23.7. The predicted octanol–water partition coefficient (Wildman–Crippen LogP) is 5.48. The van der Waals surface area contributed by atoms with Crippen LogP contribution in [0, 0.1) is 17.3 Å². The van der Waals surface area contributed by atoms with Crippen molar-refractivity contribution in [3.63, 3.8) is 0 Å². The van der Waals surface area contributed by atoms with Crippen LogP contribution in [0.1, 0.15) is 94.4 Å². The van der Waals surface area contributed by atoms with E-state index in [0.717, 1.165) is 6.42 Å². The fourth-order valence-electron chi connectivity index (χ4n) is 5.96. The van der Waals surface area contributed by atoms with Crippen LogP contribution in [0.2, 0.25) is 18.1 Å². The molecule has 3 aliphatic carbocycles. The van der Waals surface area contributed by atoms with E-state index in [1.54, 1.807) is 0 Å². The van der Waals surface area contributed by atoms with Gasteiger partial charge in [-0.05, 0) is 88.8 Å². The van der Waals surface area contributed by atoms with Gasteiger partial charge in [0.25, 0.3) is 0 Å². The normalized spacial score (nSPS) is 32.6. The monoisotopic (exact) mass is 495 g/mol. The number of hydrogen-bond acceptors (Lipinski definition) is 6. The van der Waals surface area contributed by atoms with Crippen molar-refractivity contribution in [3.8, 4) is 0 Å². The van der Waals surface area contributed by atoms with E-state index in [4.69, 9.17) is 24.2 Å². The van der Waals surface area contributed by atoms with Crippen molar-refractivity contribution >= 4 is 21.4 Å². The maximum Gasteiger partial charge on any atom is 0.475 e. The molecular weight excluding hydrogens is 445 g/mol. The van der Waals surface area contributed by atoms with Crippen LogP contribution >= 0.6 is 0 Å². The molecular formula is C26H50BNO5Si. The Labute approximate surface area is 209 Å². The van der Waals surface area contributed by atoms with E-state index in [1.165, 1.54) is 6.42 Å². The predicted molar refractivity (Wildman–Crippen MR) is 140 cm³/mol. The molecule has 2 N–H and O–H groups in total. The van der Waals surface area contributed by atoms with Crippen LogP contribution in [0.25, 0.3) is 0 Å². The minimum absolute atomic E-state index is 0.0524. The SMILES string of the molecule is CC(C)(C)OC(=O)CC(CC[C@H](N)B1O[C@@H]2C[C@@H]3C[C@@H](C3(C)C)[C@]2(C)O1)O[Si](C)(C)C(C)(C)C. The lowest BCUT2D eigenvalue weighted by Gasteiger charge is -2.64. The lowest BCUT2D eigenvalue weighted by molar-refractivity contribution is -0.199. The van der Waals surface area contributed by atoms with Crippen molar-refractivity contribution in [2.24, 2.45) is 23.0 Å². The minimum Gasteiger partial charge on any atom is -0.460 e. The smallest absolute Gasteiger partial charge is 0.460 e. The first-order chi connectivity index (χ1) is 15.3. The van der Waals surface area contributed by atoms with Crippen molar-refractivity contribution in [1.29, 1.82) is 0 Å². The molecule has 0 spiro atoms. The number of carbonyl (C=O) groups is 1. The number of nitrogens with two attached hydrogens (primary N) is 1. The number of rotatable bonds is 8. The van der Waals surface area contributed by atoms with E-state index < -0.39 is 21.0 Å². The Balaban J connectivity index is 1.63. The molecule has 0 radical (unpaired) electrons. The Morgan fingerprint density at radius 1 is 1.12 bits per heavy atom. The quantitative estimate of drug-likeness (QED) is 0.355. The molecule has 34 heavy (non-hydrogen) atoms. The van der Waals surface area contributed by atoms with Crippen LogP contribution in [-0.4, -0.2) is 50.8 Å². The van der Waals surface area contributed by atoms with Gasteiger partial charge in [0.2, 0.25) is 0 Å². The number of ether oxygens (including phenoxy) is 1. The molecule has 8 heteroatoms. The molecule has 3 saturated carbocycles. The number of hydrogen-bond donors (Lipinski definition) is 1. The highest BCUT2D eigenvalue weighted by molar-refractivity contribution is 6.74. The molecule has 2 bridgehead atoms. The van der Waals surface area contributed by atoms with Crippen molar-refractivity contribution in [2.75, 3.05) is 0 Å². The van der Waals surface area contributed by atoms with E-state index in [0.29, 0.717) is 30.1 Å². The third kappa shape index (κ3) is 5.61. The summed E-state index contributed by atoms with van der Waals surface area (Å²) in [5.74, 6) is 0.749. The lowest BCUT2D eigenvalue weighted by Crippen LogP contribution is -2.65. The Hall–Kier alpha value is -0.408. The Bertz CT molecular complexity index is 761. The molecule has 6 nitrogen and oxygen atoms in total. The zero-order valence-corrected chi connectivity index (χ0v) is 24.6. The molecule has 196 valence electrons. The van der Waals surface area contributed by atoms with E-state index >= 15 is 0 Å². The molecule has 1 saturated heterocycles. The summed E-state index contributed by atoms with van der Waals surface area (Å²) in [5.41, 5.74) is 6.18. The highest BCUT2D eigenvalue weighted by Crippen LogP contribution is 2.65. The second kappa shape index (κ2) is 9.16. The van der Waals surface area contributed by atoms with Crippen molar-refractivity contribution in [1.82, 2.24) is 0 Å². The van der Waals surface area contributed by atoms with Crippen LogP contribution in [-0.2, 0) is 23.3 Å². The summed E-state index contributed by atoms with van der Waals surface area (Å²) >= 11 is 0. The van der Waals surface area contributed by atoms with Gasteiger partial charge in [-0.15, -0.1) is 0 Å². The van der Waals surface area contributed by atoms with Crippen LogP contribution in [0.3, 0.4) is 0 Å². The lowest BCUT2D eigenvalue weighted by atomic mass is 9.43. The third-order valence-electron chi connectivity index (χ3n) is 9.22. The Kier molecular flexibility index (Phi) is 7.59. The fraction of sp³-hybridized carbons (Fsp3) is 0.962. The van der Waals surface area contributed by atoms with E-state index in [2.05, 4.69) is 54.6 Å². The number of esters is 1.